The minimum absolute atomic E-state index is 0.496. The van der Waals surface area contributed by atoms with Crippen LogP contribution < -0.4 is 5.32 Å². The number of thioether (sulfide) groups is 1. The van der Waals surface area contributed by atoms with E-state index in [-0.39, 0.29) is 0 Å². The minimum Gasteiger partial charge on any atom is -0.377 e. The molecule has 98 valence electrons. The average Bonchev–Trinajstić information content (AvgIpc) is 3.03. The molecular weight excluding hydrogens is 242 g/mol. The van der Waals surface area contributed by atoms with Gasteiger partial charge in [0.1, 0.15) is 0 Å². The lowest BCUT2D eigenvalue weighted by Gasteiger charge is -2.21. The molecule has 1 saturated heterocycles. The van der Waals surface area contributed by atoms with Crippen LogP contribution in [0.4, 0.5) is 0 Å². The molecule has 1 aliphatic heterocycles. The van der Waals surface area contributed by atoms with E-state index in [9.17, 15) is 0 Å². The van der Waals surface area contributed by atoms with E-state index in [4.69, 9.17) is 4.74 Å². The van der Waals surface area contributed by atoms with Crippen molar-refractivity contribution in [3.63, 3.8) is 0 Å². The zero-order chi connectivity index (χ0) is 12.4. The fourth-order valence-electron chi connectivity index (χ4n) is 3.06. The van der Waals surface area contributed by atoms with Gasteiger partial charge in [-0.25, -0.2) is 0 Å². The van der Waals surface area contributed by atoms with Crippen LogP contribution in [0.1, 0.15) is 30.0 Å². The summed E-state index contributed by atoms with van der Waals surface area (Å²) in [5, 5.41) is 4.15. The van der Waals surface area contributed by atoms with Gasteiger partial charge in [0.2, 0.25) is 0 Å². The molecule has 1 aliphatic carbocycles. The van der Waals surface area contributed by atoms with Crippen molar-refractivity contribution in [1.29, 1.82) is 0 Å². The van der Waals surface area contributed by atoms with Gasteiger partial charge in [-0.1, -0.05) is 24.3 Å². The Bertz CT molecular complexity index is 403. The number of fused-ring (bicyclic) bond motifs is 1. The first-order valence-corrected chi connectivity index (χ1v) is 7.91. The molecule has 1 aromatic rings. The van der Waals surface area contributed by atoms with E-state index < -0.39 is 0 Å². The summed E-state index contributed by atoms with van der Waals surface area (Å²) in [4.78, 5) is 0. The fraction of sp³-hybridized carbons (Fsp3) is 0.600. The third kappa shape index (κ3) is 2.44. The summed E-state index contributed by atoms with van der Waals surface area (Å²) in [6.45, 7) is 0.964. The van der Waals surface area contributed by atoms with Crippen molar-refractivity contribution in [2.45, 2.75) is 36.7 Å². The largest absolute Gasteiger partial charge is 0.377 e. The smallest absolute Gasteiger partial charge is 0.0666 e. The van der Waals surface area contributed by atoms with Gasteiger partial charge in [-0.3, -0.25) is 0 Å². The van der Waals surface area contributed by atoms with Crippen LogP contribution in [0.5, 0.6) is 0 Å². The lowest BCUT2D eigenvalue weighted by molar-refractivity contribution is 0.128. The van der Waals surface area contributed by atoms with Gasteiger partial charge in [0.15, 0.2) is 0 Å². The predicted molar refractivity (Wildman–Crippen MR) is 77.2 cm³/mol. The molecular formula is C15H21NOS. The molecule has 0 saturated carbocycles. The van der Waals surface area contributed by atoms with Gasteiger partial charge in [-0.05, 0) is 37.4 Å². The standard InChI is InChI=1S/C15H21NOS/c1-16-15-13-7-3-2-5-11(13)9-14(15)18-10-12-6-4-8-17-12/h2-3,5,7,12,14-16H,4,6,8-10H2,1H3. The maximum Gasteiger partial charge on any atom is 0.0666 e. The molecule has 1 aromatic carbocycles. The van der Waals surface area contributed by atoms with Gasteiger partial charge in [-0.15, -0.1) is 0 Å². The van der Waals surface area contributed by atoms with Gasteiger partial charge >= 0.3 is 0 Å². The Morgan fingerprint density at radius 2 is 2.28 bits per heavy atom. The van der Waals surface area contributed by atoms with Gasteiger partial charge < -0.3 is 10.1 Å². The van der Waals surface area contributed by atoms with Gasteiger partial charge in [0, 0.05) is 23.7 Å². The second kappa shape index (κ2) is 5.64. The van der Waals surface area contributed by atoms with Crippen LogP contribution in [0.25, 0.3) is 0 Å². The summed E-state index contributed by atoms with van der Waals surface area (Å²) in [6.07, 6.45) is 4.18. The summed E-state index contributed by atoms with van der Waals surface area (Å²) in [5.74, 6) is 1.15. The second-order valence-corrected chi connectivity index (χ2v) is 6.45. The highest BCUT2D eigenvalue weighted by Crippen LogP contribution is 2.38. The Kier molecular flexibility index (Phi) is 3.92. The van der Waals surface area contributed by atoms with E-state index in [0.29, 0.717) is 17.4 Å². The number of benzene rings is 1. The number of hydrogen-bond acceptors (Lipinski definition) is 3. The molecule has 2 nitrogen and oxygen atoms in total. The number of rotatable bonds is 4. The van der Waals surface area contributed by atoms with Crippen molar-refractivity contribution in [2.75, 3.05) is 19.4 Å². The molecule has 1 N–H and O–H groups in total. The summed E-state index contributed by atoms with van der Waals surface area (Å²) in [7, 11) is 2.08. The molecule has 0 aromatic heterocycles. The molecule has 1 fully saturated rings. The molecule has 0 bridgehead atoms. The Morgan fingerprint density at radius 1 is 1.39 bits per heavy atom. The minimum atomic E-state index is 0.496. The van der Waals surface area contributed by atoms with Crippen LogP contribution in [0.15, 0.2) is 24.3 Å². The van der Waals surface area contributed by atoms with Crippen molar-refractivity contribution in [3.05, 3.63) is 35.4 Å². The quantitative estimate of drug-likeness (QED) is 0.902. The van der Waals surface area contributed by atoms with Crippen LogP contribution in [-0.4, -0.2) is 30.8 Å². The molecule has 3 heteroatoms. The van der Waals surface area contributed by atoms with E-state index in [1.807, 2.05) is 0 Å². The van der Waals surface area contributed by atoms with Crippen LogP contribution >= 0.6 is 11.8 Å². The second-order valence-electron chi connectivity index (χ2n) is 5.18. The van der Waals surface area contributed by atoms with E-state index in [1.54, 1.807) is 0 Å². The average molecular weight is 263 g/mol. The molecule has 0 spiro atoms. The first-order valence-electron chi connectivity index (χ1n) is 6.87. The summed E-state index contributed by atoms with van der Waals surface area (Å²) < 4.78 is 5.72. The van der Waals surface area contributed by atoms with Crippen LogP contribution in [0, 0.1) is 0 Å². The summed E-state index contributed by atoms with van der Waals surface area (Å²) >= 11 is 2.08. The maximum atomic E-state index is 5.72. The van der Waals surface area contributed by atoms with E-state index in [1.165, 1.54) is 30.4 Å². The first-order chi connectivity index (χ1) is 8.88. The van der Waals surface area contributed by atoms with Gasteiger partial charge in [0.25, 0.3) is 0 Å². The van der Waals surface area contributed by atoms with Crippen LogP contribution in [0.3, 0.4) is 0 Å². The topological polar surface area (TPSA) is 21.3 Å². The first kappa shape index (κ1) is 12.5. The molecule has 18 heavy (non-hydrogen) atoms. The zero-order valence-electron chi connectivity index (χ0n) is 10.9. The molecule has 3 unspecified atom stereocenters. The highest BCUT2D eigenvalue weighted by atomic mass is 32.2. The van der Waals surface area contributed by atoms with Crippen LogP contribution in [0.2, 0.25) is 0 Å². The number of nitrogens with one attached hydrogen (secondary N) is 1. The number of hydrogen-bond donors (Lipinski definition) is 1. The molecule has 0 amide bonds. The monoisotopic (exact) mass is 263 g/mol. The van der Waals surface area contributed by atoms with E-state index in [2.05, 4.69) is 48.4 Å². The van der Waals surface area contributed by atoms with Crippen molar-refractivity contribution in [2.24, 2.45) is 0 Å². The lowest BCUT2D eigenvalue weighted by atomic mass is 10.1. The van der Waals surface area contributed by atoms with Gasteiger partial charge in [-0.2, -0.15) is 11.8 Å². The van der Waals surface area contributed by atoms with Gasteiger partial charge in [0.05, 0.1) is 6.10 Å². The number of ether oxygens (including phenoxy) is 1. The highest BCUT2D eigenvalue weighted by molar-refractivity contribution is 8.00. The molecule has 1 heterocycles. The Labute approximate surface area is 113 Å². The highest BCUT2D eigenvalue weighted by Gasteiger charge is 2.32. The fourth-order valence-corrected chi connectivity index (χ4v) is 4.56. The van der Waals surface area contributed by atoms with Crippen molar-refractivity contribution in [3.8, 4) is 0 Å². The summed E-state index contributed by atoms with van der Waals surface area (Å²) in [5.41, 5.74) is 3.01. The zero-order valence-corrected chi connectivity index (χ0v) is 11.7. The normalized spacial score (nSPS) is 30.6. The maximum absolute atomic E-state index is 5.72. The Hall–Kier alpha value is -0.510. The molecule has 0 radical (unpaired) electrons. The lowest BCUT2D eigenvalue weighted by Crippen LogP contribution is -2.25. The Morgan fingerprint density at radius 3 is 3.06 bits per heavy atom. The summed E-state index contributed by atoms with van der Waals surface area (Å²) in [6, 6.07) is 9.34. The SMILES string of the molecule is CNC1c2ccccc2CC1SCC1CCCO1. The third-order valence-electron chi connectivity index (χ3n) is 4.01. The third-order valence-corrected chi connectivity index (χ3v) is 5.45. The van der Waals surface area contributed by atoms with Crippen molar-refractivity contribution in [1.82, 2.24) is 5.32 Å². The van der Waals surface area contributed by atoms with Crippen LogP contribution in [-0.2, 0) is 11.2 Å². The van der Waals surface area contributed by atoms with Crippen molar-refractivity contribution >= 4 is 11.8 Å². The molecule has 3 rings (SSSR count). The predicted octanol–water partition coefficient (Wildman–Crippen LogP) is 2.78. The van der Waals surface area contributed by atoms with E-state index >= 15 is 0 Å². The molecule has 2 aliphatic rings. The van der Waals surface area contributed by atoms with E-state index in [0.717, 1.165) is 12.4 Å². The Balaban J connectivity index is 1.63. The molecule has 3 atom stereocenters. The van der Waals surface area contributed by atoms with Crippen molar-refractivity contribution < 1.29 is 4.74 Å².